The minimum Gasteiger partial charge on any atom is -0.325 e. The molecule has 0 spiro atoms. The molecule has 0 aliphatic heterocycles. The summed E-state index contributed by atoms with van der Waals surface area (Å²) in [4.78, 5) is 17.4. The molecule has 0 unspecified atom stereocenters. The summed E-state index contributed by atoms with van der Waals surface area (Å²) in [6.45, 7) is 0. The zero-order valence-corrected chi connectivity index (χ0v) is 15.6. The van der Waals surface area contributed by atoms with Crippen LogP contribution in [-0.2, 0) is 18.3 Å². The van der Waals surface area contributed by atoms with Crippen LogP contribution in [0.25, 0.3) is 0 Å². The minimum absolute atomic E-state index is 0.103. The highest BCUT2D eigenvalue weighted by Gasteiger charge is 2.12. The summed E-state index contributed by atoms with van der Waals surface area (Å²) in [6.07, 6.45) is 0.103. The molecule has 25 heavy (non-hydrogen) atoms. The summed E-state index contributed by atoms with van der Waals surface area (Å²) < 4.78 is 15.4. The third-order valence-electron chi connectivity index (χ3n) is 3.31. The normalized spacial score (nSPS) is 10.7. The quantitative estimate of drug-likeness (QED) is 0.676. The van der Waals surface area contributed by atoms with Crippen molar-refractivity contribution < 1.29 is 9.18 Å². The zero-order chi connectivity index (χ0) is 17.8. The largest absolute Gasteiger partial charge is 0.325 e. The average molecular weight is 421 g/mol. The van der Waals surface area contributed by atoms with Gasteiger partial charge in [0.2, 0.25) is 10.6 Å². The molecular formula is C17H14BrFN4OS. The number of hydrogen-bond acceptors (Lipinski definition) is 4. The van der Waals surface area contributed by atoms with Gasteiger partial charge in [-0.2, -0.15) is 4.98 Å². The molecule has 1 heterocycles. The van der Waals surface area contributed by atoms with Gasteiger partial charge in [0, 0.05) is 11.9 Å². The first-order valence-electron chi connectivity index (χ1n) is 7.39. The molecule has 0 bridgehead atoms. The number of nitrogens with zero attached hydrogens (tertiary/aromatic N) is 3. The molecule has 1 N–H and O–H groups in total. The fraction of sp³-hybridized carbons (Fsp3) is 0.118. The predicted molar refractivity (Wildman–Crippen MR) is 98.0 cm³/mol. The maximum atomic E-state index is 13.2. The number of carbonyl (C=O) groups is 1. The van der Waals surface area contributed by atoms with Gasteiger partial charge in [0.05, 0.1) is 12.1 Å². The van der Waals surface area contributed by atoms with Crippen molar-refractivity contribution in [2.75, 3.05) is 5.32 Å². The van der Waals surface area contributed by atoms with Gasteiger partial charge < -0.3 is 5.32 Å². The molecular weight excluding hydrogens is 407 g/mol. The van der Waals surface area contributed by atoms with Crippen molar-refractivity contribution in [3.63, 3.8) is 0 Å². The molecule has 0 atom stereocenters. The molecule has 0 saturated heterocycles. The third-order valence-corrected chi connectivity index (χ3v) is 4.76. The lowest BCUT2D eigenvalue weighted by Crippen LogP contribution is -2.15. The number of aromatic nitrogens is 3. The van der Waals surface area contributed by atoms with Gasteiger partial charge in [0.15, 0.2) is 5.16 Å². The molecule has 0 saturated carbocycles. The number of anilines is 1. The number of amides is 1. The van der Waals surface area contributed by atoms with Gasteiger partial charge in [-0.3, -0.25) is 4.79 Å². The molecule has 128 valence electrons. The van der Waals surface area contributed by atoms with Crippen LogP contribution in [0.15, 0.2) is 63.3 Å². The lowest BCUT2D eigenvalue weighted by Gasteiger charge is -2.10. The topological polar surface area (TPSA) is 59.8 Å². The number of nitrogens with one attached hydrogen (secondary N) is 1. The van der Waals surface area contributed by atoms with Crippen molar-refractivity contribution in [2.24, 2.45) is 7.05 Å². The average Bonchev–Trinajstić information content (AvgIpc) is 2.87. The number of hydrogen-bond donors (Lipinski definition) is 1. The molecule has 0 aliphatic carbocycles. The van der Waals surface area contributed by atoms with E-state index in [1.807, 2.05) is 24.3 Å². The Morgan fingerprint density at radius 1 is 1.28 bits per heavy atom. The third kappa shape index (κ3) is 4.67. The SMILES string of the molecule is Cn1nc(Br)nc1Sc1ccccc1NC(=O)Cc1cccc(F)c1. The van der Waals surface area contributed by atoms with E-state index in [1.165, 1.54) is 23.9 Å². The lowest BCUT2D eigenvalue weighted by atomic mass is 10.1. The highest BCUT2D eigenvalue weighted by molar-refractivity contribution is 9.10. The van der Waals surface area contributed by atoms with Crippen LogP contribution in [0.4, 0.5) is 10.1 Å². The fourth-order valence-electron chi connectivity index (χ4n) is 2.21. The number of rotatable bonds is 5. The summed E-state index contributed by atoms with van der Waals surface area (Å²) in [5.41, 5.74) is 1.30. The Balaban J connectivity index is 1.74. The maximum Gasteiger partial charge on any atom is 0.228 e. The number of carbonyl (C=O) groups excluding carboxylic acids is 1. The van der Waals surface area contributed by atoms with Gasteiger partial charge in [-0.1, -0.05) is 24.3 Å². The van der Waals surface area contributed by atoms with E-state index in [0.717, 1.165) is 4.90 Å². The number of para-hydroxylation sites is 1. The molecule has 1 amide bonds. The van der Waals surface area contributed by atoms with Crippen LogP contribution < -0.4 is 5.32 Å². The van der Waals surface area contributed by atoms with E-state index in [2.05, 4.69) is 31.3 Å². The van der Waals surface area contributed by atoms with Crippen LogP contribution in [-0.4, -0.2) is 20.7 Å². The van der Waals surface area contributed by atoms with Crippen LogP contribution in [0.1, 0.15) is 5.56 Å². The Morgan fingerprint density at radius 3 is 2.80 bits per heavy atom. The predicted octanol–water partition coefficient (Wildman–Crippen LogP) is 4.05. The monoisotopic (exact) mass is 420 g/mol. The number of halogens is 2. The van der Waals surface area contributed by atoms with E-state index >= 15 is 0 Å². The molecule has 0 fully saturated rings. The number of aryl methyl sites for hydroxylation is 1. The van der Waals surface area contributed by atoms with Gasteiger partial charge in [-0.05, 0) is 57.5 Å². The summed E-state index contributed by atoms with van der Waals surface area (Å²) in [7, 11) is 1.80. The summed E-state index contributed by atoms with van der Waals surface area (Å²) in [6, 6.07) is 13.5. The van der Waals surface area contributed by atoms with E-state index in [0.29, 0.717) is 21.1 Å². The van der Waals surface area contributed by atoms with Crippen molar-refractivity contribution in [3.8, 4) is 0 Å². The van der Waals surface area contributed by atoms with Crippen molar-refractivity contribution in [3.05, 3.63) is 64.6 Å². The van der Waals surface area contributed by atoms with Crippen LogP contribution in [0.3, 0.4) is 0 Å². The molecule has 5 nitrogen and oxygen atoms in total. The van der Waals surface area contributed by atoms with Gasteiger partial charge in [0.1, 0.15) is 5.82 Å². The van der Waals surface area contributed by atoms with Crippen molar-refractivity contribution in [2.45, 2.75) is 16.5 Å². The highest BCUT2D eigenvalue weighted by atomic mass is 79.9. The van der Waals surface area contributed by atoms with E-state index in [9.17, 15) is 9.18 Å². The summed E-state index contributed by atoms with van der Waals surface area (Å²) >= 11 is 4.64. The Labute approximate surface area is 156 Å². The Hall–Kier alpha value is -2.19. The van der Waals surface area contributed by atoms with E-state index in [-0.39, 0.29) is 18.1 Å². The number of benzene rings is 2. The molecule has 3 aromatic rings. The highest BCUT2D eigenvalue weighted by Crippen LogP contribution is 2.32. The first kappa shape index (κ1) is 17.6. The van der Waals surface area contributed by atoms with Crippen LogP contribution in [0.2, 0.25) is 0 Å². The zero-order valence-electron chi connectivity index (χ0n) is 13.2. The van der Waals surface area contributed by atoms with E-state index in [4.69, 9.17) is 0 Å². The van der Waals surface area contributed by atoms with Gasteiger partial charge in [-0.25, -0.2) is 9.07 Å². The van der Waals surface area contributed by atoms with E-state index < -0.39 is 0 Å². The molecule has 0 radical (unpaired) electrons. The first-order chi connectivity index (χ1) is 12.0. The molecule has 1 aromatic heterocycles. The second-order valence-corrected chi connectivity index (χ2v) is 6.96. The van der Waals surface area contributed by atoms with Crippen molar-refractivity contribution >= 4 is 39.3 Å². The van der Waals surface area contributed by atoms with Gasteiger partial charge in [-0.15, -0.1) is 5.10 Å². The summed E-state index contributed by atoms with van der Waals surface area (Å²) in [5, 5.41) is 7.71. The fourth-order valence-corrected chi connectivity index (χ4v) is 3.61. The Bertz CT molecular complexity index is 915. The Morgan fingerprint density at radius 2 is 2.08 bits per heavy atom. The van der Waals surface area contributed by atoms with Crippen molar-refractivity contribution in [1.29, 1.82) is 0 Å². The first-order valence-corrected chi connectivity index (χ1v) is 9.00. The second-order valence-electron chi connectivity index (χ2n) is 5.24. The molecule has 3 rings (SSSR count). The Kier molecular flexibility index (Phi) is 5.50. The van der Waals surface area contributed by atoms with Gasteiger partial charge >= 0.3 is 0 Å². The lowest BCUT2D eigenvalue weighted by molar-refractivity contribution is -0.115. The van der Waals surface area contributed by atoms with Crippen molar-refractivity contribution in [1.82, 2.24) is 14.8 Å². The van der Waals surface area contributed by atoms with Crippen LogP contribution >= 0.6 is 27.7 Å². The molecule has 0 aliphatic rings. The maximum absolute atomic E-state index is 13.2. The minimum atomic E-state index is -0.353. The van der Waals surface area contributed by atoms with Crippen LogP contribution in [0, 0.1) is 5.82 Å². The van der Waals surface area contributed by atoms with Crippen LogP contribution in [0.5, 0.6) is 0 Å². The van der Waals surface area contributed by atoms with Gasteiger partial charge in [0.25, 0.3) is 0 Å². The molecule has 8 heteroatoms. The second kappa shape index (κ2) is 7.79. The smallest absolute Gasteiger partial charge is 0.228 e. The summed E-state index contributed by atoms with van der Waals surface area (Å²) in [5.74, 6) is -0.563. The van der Waals surface area contributed by atoms with E-state index in [1.54, 1.807) is 23.9 Å². The molecule has 2 aromatic carbocycles. The standard InChI is InChI=1S/C17H14BrFN4OS/c1-23-17(21-16(18)22-23)25-14-8-3-2-7-13(14)20-15(24)10-11-5-4-6-12(19)9-11/h2-9H,10H2,1H3,(H,20,24).